The monoisotopic (exact) mass is 700 g/mol. The maximum absolute atomic E-state index is 15.6. The summed E-state index contributed by atoms with van der Waals surface area (Å²) in [6.07, 6.45) is -2.53. The zero-order valence-corrected chi connectivity index (χ0v) is 29.4. The molecule has 0 bridgehead atoms. The first-order valence-electron chi connectivity index (χ1n) is 14.7. The Kier molecular flexibility index (Phi) is 9.19. The molecule has 5 aromatic rings. The Morgan fingerprint density at radius 2 is 1.74 bits per heavy atom. The number of thioether (sulfide) groups is 1. The van der Waals surface area contributed by atoms with Gasteiger partial charge in [0, 0.05) is 36.7 Å². The molecule has 5 rings (SSSR count). The summed E-state index contributed by atoms with van der Waals surface area (Å²) in [6, 6.07) is 15.9. The van der Waals surface area contributed by atoms with E-state index in [1.165, 1.54) is 48.7 Å². The zero-order valence-electron chi connectivity index (χ0n) is 26.8. The van der Waals surface area contributed by atoms with Crippen LogP contribution in [0.2, 0.25) is 25.7 Å². The number of aliphatic hydroxyl groups is 1. The van der Waals surface area contributed by atoms with Gasteiger partial charge in [0.15, 0.2) is 5.82 Å². The summed E-state index contributed by atoms with van der Waals surface area (Å²) >= 11 is 0.994. The Labute approximate surface area is 276 Å². The Morgan fingerprint density at radius 3 is 2.34 bits per heavy atom. The topological polar surface area (TPSA) is 110 Å². The molecular weight excluding hydrogens is 666 g/mol. The van der Waals surface area contributed by atoms with E-state index in [0.29, 0.717) is 5.56 Å². The summed E-state index contributed by atoms with van der Waals surface area (Å²) in [5, 5.41) is 21.7. The van der Waals surface area contributed by atoms with Gasteiger partial charge in [-0.1, -0.05) is 37.3 Å². The van der Waals surface area contributed by atoms with Crippen molar-refractivity contribution < 1.29 is 31.4 Å². The number of benzene rings is 3. The molecule has 0 aliphatic rings. The van der Waals surface area contributed by atoms with Crippen LogP contribution in [-0.4, -0.2) is 54.2 Å². The molecule has 0 amide bonds. The third-order valence-corrected chi connectivity index (χ3v) is 12.2. The Bertz CT molecular complexity index is 2130. The van der Waals surface area contributed by atoms with Crippen LogP contribution in [0.15, 0.2) is 70.6 Å². The minimum Gasteiger partial charge on any atom is -0.370 e. The van der Waals surface area contributed by atoms with Crippen LogP contribution in [0.4, 0.5) is 13.2 Å². The molecule has 1 atom stereocenters. The molecule has 0 saturated carbocycles. The van der Waals surface area contributed by atoms with Gasteiger partial charge in [-0.3, -0.25) is 0 Å². The van der Waals surface area contributed by atoms with E-state index < -0.39 is 41.3 Å². The molecule has 0 spiro atoms. The minimum atomic E-state index is -5.33. The average molecular weight is 701 g/mol. The summed E-state index contributed by atoms with van der Waals surface area (Å²) in [5.41, 5.74) is -2.51. The van der Waals surface area contributed by atoms with Crippen molar-refractivity contribution in [1.82, 2.24) is 13.5 Å². The van der Waals surface area contributed by atoms with Crippen LogP contribution in [0.1, 0.15) is 28.1 Å². The van der Waals surface area contributed by atoms with E-state index in [1.54, 1.807) is 25.3 Å². The largest absolute Gasteiger partial charge is 0.428 e. The third-order valence-electron chi connectivity index (χ3n) is 8.08. The second-order valence-electron chi connectivity index (χ2n) is 12.7. The standard InChI is InChI=1S/C33H35F3N4O4S2Si/c1-21-7-10-24(11-8-21)46(42,43)40-14-13-25-29(28(45-3)17-22(2)30(25)40)32(41,33(34,35)36)31-38-26-12-9-23(19-37)18-27(26)39(31)20-44-15-16-47(4,5)6/h7-14,17-18,41H,15-16,20H2,1-6H3. The molecule has 2 heterocycles. The lowest BCUT2D eigenvalue weighted by Crippen LogP contribution is -2.46. The van der Waals surface area contributed by atoms with E-state index >= 15 is 13.2 Å². The summed E-state index contributed by atoms with van der Waals surface area (Å²) < 4.78 is 82.6. The Morgan fingerprint density at radius 1 is 1.06 bits per heavy atom. The van der Waals surface area contributed by atoms with E-state index in [0.717, 1.165) is 31.9 Å². The van der Waals surface area contributed by atoms with E-state index in [2.05, 4.69) is 24.6 Å². The van der Waals surface area contributed by atoms with Crippen molar-refractivity contribution in [3.8, 4) is 6.07 Å². The van der Waals surface area contributed by atoms with E-state index in [9.17, 15) is 18.8 Å². The fourth-order valence-electron chi connectivity index (χ4n) is 5.54. The Balaban J connectivity index is 1.81. The summed E-state index contributed by atoms with van der Waals surface area (Å²) in [7, 11) is -5.77. The van der Waals surface area contributed by atoms with Crippen molar-refractivity contribution in [2.45, 2.75) is 67.8 Å². The average Bonchev–Trinajstić information content (AvgIpc) is 3.61. The number of imidazole rings is 1. The highest BCUT2D eigenvalue weighted by Gasteiger charge is 2.61. The number of rotatable bonds is 10. The van der Waals surface area contributed by atoms with Crippen LogP contribution >= 0.6 is 11.8 Å². The summed E-state index contributed by atoms with van der Waals surface area (Å²) in [6.45, 7) is 9.78. The SMILES string of the molecule is CSc1cc(C)c2c(ccn2S(=O)(=O)c2ccc(C)cc2)c1C(O)(c1nc2ccc(C#N)cc2n1COCC[Si](C)(C)C)C(F)(F)F. The first-order chi connectivity index (χ1) is 21.9. The smallest absolute Gasteiger partial charge is 0.370 e. The molecule has 47 heavy (non-hydrogen) atoms. The second-order valence-corrected chi connectivity index (χ2v) is 21.0. The molecule has 0 saturated heterocycles. The van der Waals surface area contributed by atoms with Gasteiger partial charge in [-0.05, 0) is 74.2 Å². The van der Waals surface area contributed by atoms with Crippen LogP contribution < -0.4 is 0 Å². The lowest BCUT2D eigenvalue weighted by molar-refractivity contribution is -0.252. The van der Waals surface area contributed by atoms with Gasteiger partial charge in [-0.15, -0.1) is 11.8 Å². The van der Waals surface area contributed by atoms with Crippen LogP contribution in [-0.2, 0) is 27.1 Å². The van der Waals surface area contributed by atoms with Crippen LogP contribution in [0.5, 0.6) is 0 Å². The summed E-state index contributed by atoms with van der Waals surface area (Å²) in [4.78, 5) is 4.38. The van der Waals surface area contributed by atoms with E-state index in [1.807, 2.05) is 13.0 Å². The molecule has 248 valence electrons. The molecule has 1 unspecified atom stereocenters. The first-order valence-corrected chi connectivity index (χ1v) is 21.1. The number of halogens is 3. The van der Waals surface area contributed by atoms with Crippen molar-refractivity contribution in [3.05, 3.63) is 88.9 Å². The van der Waals surface area contributed by atoms with E-state index in [-0.39, 0.29) is 50.6 Å². The molecule has 1 N–H and O–H groups in total. The van der Waals surface area contributed by atoms with Gasteiger partial charge in [-0.2, -0.15) is 18.4 Å². The van der Waals surface area contributed by atoms with Gasteiger partial charge in [-0.25, -0.2) is 17.4 Å². The predicted octanol–water partition coefficient (Wildman–Crippen LogP) is 7.55. The van der Waals surface area contributed by atoms with Crippen LogP contribution in [0.25, 0.3) is 21.9 Å². The second kappa shape index (κ2) is 12.4. The van der Waals surface area contributed by atoms with Crippen molar-refractivity contribution in [2.75, 3.05) is 12.9 Å². The van der Waals surface area contributed by atoms with Crippen molar-refractivity contribution in [3.63, 3.8) is 0 Å². The molecule has 0 aliphatic carbocycles. The number of nitriles is 1. The van der Waals surface area contributed by atoms with Gasteiger partial charge >= 0.3 is 6.18 Å². The fourth-order valence-corrected chi connectivity index (χ4v) is 8.47. The maximum atomic E-state index is 15.6. The maximum Gasteiger partial charge on any atom is 0.428 e. The molecule has 0 aliphatic heterocycles. The third kappa shape index (κ3) is 6.22. The number of alkyl halides is 3. The molecular formula is C33H35F3N4O4S2Si. The van der Waals surface area contributed by atoms with Gasteiger partial charge in [0.1, 0.15) is 6.73 Å². The summed E-state index contributed by atoms with van der Waals surface area (Å²) in [5.74, 6) is -0.752. The molecule has 3 aromatic carbocycles. The number of nitrogens with zero attached hydrogens (tertiary/aromatic N) is 4. The Hall–Kier alpha value is -3.61. The predicted molar refractivity (Wildman–Crippen MR) is 180 cm³/mol. The van der Waals surface area contributed by atoms with Gasteiger partial charge in [0.25, 0.3) is 10.0 Å². The molecule has 0 radical (unpaired) electrons. The fraction of sp³-hybridized carbons (Fsp3) is 0.333. The van der Waals surface area contributed by atoms with Crippen LogP contribution in [0.3, 0.4) is 0 Å². The number of aryl methyl sites for hydroxylation is 2. The normalized spacial score (nSPS) is 14.1. The van der Waals surface area contributed by atoms with Crippen LogP contribution in [0, 0.1) is 25.2 Å². The lowest BCUT2D eigenvalue weighted by atomic mass is 9.88. The zero-order chi connectivity index (χ0) is 34.5. The number of fused-ring (bicyclic) bond motifs is 2. The van der Waals surface area contributed by atoms with Crippen molar-refractivity contribution >= 4 is 51.8 Å². The highest BCUT2D eigenvalue weighted by molar-refractivity contribution is 7.98. The van der Waals surface area contributed by atoms with Crippen molar-refractivity contribution in [2.24, 2.45) is 0 Å². The van der Waals surface area contributed by atoms with E-state index in [4.69, 9.17) is 4.74 Å². The lowest BCUT2D eigenvalue weighted by Gasteiger charge is -2.33. The molecule has 0 fully saturated rings. The number of hydrogen-bond donors (Lipinski definition) is 1. The number of hydrogen-bond acceptors (Lipinski definition) is 7. The minimum absolute atomic E-state index is 0.00173. The van der Waals surface area contributed by atoms with Gasteiger partial charge in [0.05, 0.1) is 33.1 Å². The highest BCUT2D eigenvalue weighted by Crippen LogP contribution is 2.50. The number of ether oxygens (including phenoxy) is 1. The quantitative estimate of drug-likeness (QED) is 0.0911. The van der Waals surface area contributed by atoms with Crippen molar-refractivity contribution in [1.29, 1.82) is 5.26 Å². The highest BCUT2D eigenvalue weighted by atomic mass is 32.2. The van der Waals surface area contributed by atoms with Gasteiger partial charge in [0.2, 0.25) is 5.60 Å². The molecule has 8 nitrogen and oxygen atoms in total. The molecule has 14 heteroatoms. The van der Waals surface area contributed by atoms with Gasteiger partial charge < -0.3 is 14.4 Å². The number of aromatic nitrogens is 3. The first kappa shape index (κ1) is 34.7. The molecule has 2 aromatic heterocycles.